The summed E-state index contributed by atoms with van der Waals surface area (Å²) >= 11 is 0. The number of imidazole rings is 1. The molecule has 4 N–H and O–H groups in total. The molecule has 1 aromatic carbocycles. The molecular formula is C24H30F3N5O3. The molecule has 1 amide bonds. The molecule has 35 heavy (non-hydrogen) atoms. The highest BCUT2D eigenvalue weighted by atomic mass is 19.4. The number of amides is 1. The Bertz CT molecular complexity index is 1240. The zero-order valence-corrected chi connectivity index (χ0v) is 20.4. The van der Waals surface area contributed by atoms with Gasteiger partial charge in [0, 0.05) is 24.3 Å². The van der Waals surface area contributed by atoms with E-state index in [9.17, 15) is 28.2 Å². The van der Waals surface area contributed by atoms with Crippen LogP contribution in [0, 0.1) is 6.92 Å². The van der Waals surface area contributed by atoms with E-state index in [-0.39, 0.29) is 23.8 Å². The summed E-state index contributed by atoms with van der Waals surface area (Å²) in [5.41, 5.74) is -2.63. The summed E-state index contributed by atoms with van der Waals surface area (Å²) in [6, 6.07) is 3.96. The predicted octanol–water partition coefficient (Wildman–Crippen LogP) is 3.80. The predicted molar refractivity (Wildman–Crippen MR) is 126 cm³/mol. The topological polar surface area (TPSA) is 112 Å². The maximum Gasteiger partial charge on any atom is 0.421 e. The quantitative estimate of drug-likeness (QED) is 0.399. The van der Waals surface area contributed by atoms with Gasteiger partial charge in [0.2, 0.25) is 0 Å². The van der Waals surface area contributed by atoms with Crippen LogP contribution < -0.4 is 10.6 Å². The van der Waals surface area contributed by atoms with E-state index in [4.69, 9.17) is 0 Å². The molecule has 0 spiro atoms. The standard InChI is InChI=1S/C24H30F3N5O3/c1-13(2)30-19-20-28-10-18(32(20)11-17(31-19)21(33)29-12-22(4,5)34)16-9-15(8-7-14(16)3)23(6,35)24(25,26)27/h7-11,13,34-35H,12H2,1-6H3,(H,29,33)(H,30,31). The summed E-state index contributed by atoms with van der Waals surface area (Å²) in [6.45, 7) is 9.29. The molecular weight excluding hydrogens is 463 g/mol. The fraction of sp³-hybridized carbons (Fsp3) is 0.458. The number of aliphatic hydroxyl groups is 2. The molecule has 3 rings (SSSR count). The first-order valence-corrected chi connectivity index (χ1v) is 11.1. The lowest BCUT2D eigenvalue weighted by atomic mass is 9.91. The van der Waals surface area contributed by atoms with Gasteiger partial charge in [0.25, 0.3) is 5.91 Å². The number of aromatic nitrogens is 3. The molecule has 1 unspecified atom stereocenters. The van der Waals surface area contributed by atoms with Crippen LogP contribution in [-0.2, 0) is 5.60 Å². The molecule has 3 aromatic rings. The highest BCUT2D eigenvalue weighted by molar-refractivity contribution is 5.93. The lowest BCUT2D eigenvalue weighted by Gasteiger charge is -2.27. The molecule has 0 saturated carbocycles. The Morgan fingerprint density at radius 3 is 2.40 bits per heavy atom. The number of hydrogen-bond donors (Lipinski definition) is 4. The third kappa shape index (κ3) is 5.57. The Morgan fingerprint density at radius 1 is 1.17 bits per heavy atom. The van der Waals surface area contributed by atoms with E-state index in [1.54, 1.807) is 25.2 Å². The van der Waals surface area contributed by atoms with Crippen LogP contribution in [-0.4, -0.2) is 54.9 Å². The van der Waals surface area contributed by atoms with E-state index in [2.05, 4.69) is 20.6 Å². The van der Waals surface area contributed by atoms with Crippen molar-refractivity contribution in [1.82, 2.24) is 19.7 Å². The van der Waals surface area contributed by atoms with Gasteiger partial charge in [-0.3, -0.25) is 9.20 Å². The van der Waals surface area contributed by atoms with E-state index in [1.165, 1.54) is 30.6 Å². The van der Waals surface area contributed by atoms with Crippen molar-refractivity contribution in [3.63, 3.8) is 0 Å². The number of nitrogens with zero attached hydrogens (tertiary/aromatic N) is 3. The Kier molecular flexibility index (Phi) is 6.89. The molecule has 0 bridgehead atoms. The number of nitrogens with one attached hydrogen (secondary N) is 2. The zero-order chi connectivity index (χ0) is 26.3. The summed E-state index contributed by atoms with van der Waals surface area (Å²) in [6.07, 6.45) is -1.95. The molecule has 0 fully saturated rings. The van der Waals surface area contributed by atoms with Gasteiger partial charge in [0.05, 0.1) is 17.5 Å². The lowest BCUT2D eigenvalue weighted by Crippen LogP contribution is -2.39. The van der Waals surface area contributed by atoms with Gasteiger partial charge >= 0.3 is 6.18 Å². The molecule has 0 saturated heterocycles. The maximum absolute atomic E-state index is 13.5. The molecule has 1 atom stereocenters. The Hall–Kier alpha value is -3.18. The molecule has 2 aromatic heterocycles. The third-order valence-corrected chi connectivity index (χ3v) is 5.46. The fourth-order valence-corrected chi connectivity index (χ4v) is 3.42. The second-order valence-electron chi connectivity index (χ2n) is 9.71. The van der Waals surface area contributed by atoms with Crippen molar-refractivity contribution in [3.8, 4) is 11.3 Å². The van der Waals surface area contributed by atoms with Gasteiger partial charge in [-0.25, -0.2) is 9.97 Å². The largest absolute Gasteiger partial charge is 0.421 e. The number of alkyl halides is 3. The first-order valence-electron chi connectivity index (χ1n) is 11.1. The fourth-order valence-electron chi connectivity index (χ4n) is 3.42. The number of aryl methyl sites for hydroxylation is 1. The highest BCUT2D eigenvalue weighted by Crippen LogP contribution is 2.40. The van der Waals surface area contributed by atoms with Crippen molar-refractivity contribution in [2.45, 2.75) is 65.0 Å². The lowest BCUT2D eigenvalue weighted by molar-refractivity contribution is -0.258. The maximum atomic E-state index is 13.5. The van der Waals surface area contributed by atoms with Gasteiger partial charge in [0.1, 0.15) is 5.69 Å². The minimum atomic E-state index is -4.87. The molecule has 0 aliphatic rings. The van der Waals surface area contributed by atoms with Crippen molar-refractivity contribution < 1.29 is 28.2 Å². The number of fused-ring (bicyclic) bond motifs is 1. The average Bonchev–Trinajstić information content (AvgIpc) is 3.14. The first kappa shape index (κ1) is 26.4. The first-order chi connectivity index (χ1) is 16.0. The van der Waals surface area contributed by atoms with Crippen LogP contribution in [0.3, 0.4) is 0 Å². The molecule has 0 aliphatic heterocycles. The molecule has 11 heteroatoms. The van der Waals surface area contributed by atoms with Crippen molar-refractivity contribution in [3.05, 3.63) is 47.4 Å². The van der Waals surface area contributed by atoms with Gasteiger partial charge < -0.3 is 20.8 Å². The summed E-state index contributed by atoms with van der Waals surface area (Å²) in [5.74, 6) is -0.218. The van der Waals surface area contributed by atoms with Crippen LogP contribution in [0.5, 0.6) is 0 Å². The molecule has 0 aliphatic carbocycles. The number of halogens is 3. The van der Waals surface area contributed by atoms with Gasteiger partial charge in [-0.15, -0.1) is 0 Å². The van der Waals surface area contributed by atoms with Crippen LogP contribution in [0.25, 0.3) is 16.9 Å². The van der Waals surface area contributed by atoms with Crippen LogP contribution in [0.2, 0.25) is 0 Å². The third-order valence-electron chi connectivity index (χ3n) is 5.46. The number of carbonyl (C=O) groups is 1. The van der Waals surface area contributed by atoms with E-state index in [0.717, 1.165) is 0 Å². The summed E-state index contributed by atoms with van der Waals surface area (Å²) in [4.78, 5) is 21.6. The summed E-state index contributed by atoms with van der Waals surface area (Å²) in [5, 5.41) is 25.9. The van der Waals surface area contributed by atoms with E-state index in [1.807, 2.05) is 13.8 Å². The molecule has 190 valence electrons. The normalized spacial score (nSPS) is 14.3. The number of benzene rings is 1. The number of anilines is 1. The summed E-state index contributed by atoms with van der Waals surface area (Å²) < 4.78 is 42.0. The SMILES string of the molecule is Cc1ccc(C(C)(O)C(F)(F)F)cc1-c1cnc2c(NC(C)C)nc(C(=O)NCC(C)(C)O)cn12. The van der Waals surface area contributed by atoms with Crippen molar-refractivity contribution >= 4 is 17.4 Å². The van der Waals surface area contributed by atoms with Crippen molar-refractivity contribution in [2.24, 2.45) is 0 Å². The second kappa shape index (κ2) is 9.12. The Labute approximate surface area is 201 Å². The van der Waals surface area contributed by atoms with E-state index < -0.39 is 23.3 Å². The average molecular weight is 494 g/mol. The number of hydrogen-bond acceptors (Lipinski definition) is 6. The van der Waals surface area contributed by atoms with Crippen molar-refractivity contribution in [2.75, 3.05) is 11.9 Å². The van der Waals surface area contributed by atoms with Crippen LogP contribution in [0.1, 0.15) is 56.2 Å². The van der Waals surface area contributed by atoms with Gasteiger partial charge in [-0.05, 0) is 58.7 Å². The second-order valence-corrected chi connectivity index (χ2v) is 9.71. The van der Waals surface area contributed by atoms with Gasteiger partial charge in [0.15, 0.2) is 17.1 Å². The summed E-state index contributed by atoms with van der Waals surface area (Å²) in [7, 11) is 0. The van der Waals surface area contributed by atoms with Crippen molar-refractivity contribution in [1.29, 1.82) is 0 Å². The van der Waals surface area contributed by atoms with Crippen LogP contribution in [0.4, 0.5) is 19.0 Å². The smallest absolute Gasteiger partial charge is 0.389 e. The van der Waals surface area contributed by atoms with Crippen LogP contribution >= 0.6 is 0 Å². The Balaban J connectivity index is 2.19. The highest BCUT2D eigenvalue weighted by Gasteiger charge is 2.51. The molecule has 8 nitrogen and oxygen atoms in total. The minimum absolute atomic E-state index is 0.0110. The van der Waals surface area contributed by atoms with Gasteiger partial charge in [-0.1, -0.05) is 12.1 Å². The monoisotopic (exact) mass is 493 g/mol. The number of carbonyl (C=O) groups excluding carboxylic acids is 1. The minimum Gasteiger partial charge on any atom is -0.389 e. The van der Waals surface area contributed by atoms with Gasteiger partial charge in [-0.2, -0.15) is 13.2 Å². The molecule has 2 heterocycles. The van der Waals surface area contributed by atoms with Crippen LogP contribution in [0.15, 0.2) is 30.6 Å². The Morgan fingerprint density at radius 2 is 1.83 bits per heavy atom. The van der Waals surface area contributed by atoms with E-state index >= 15 is 0 Å². The number of rotatable bonds is 7. The molecule has 0 radical (unpaired) electrons. The zero-order valence-electron chi connectivity index (χ0n) is 20.4. The van der Waals surface area contributed by atoms with E-state index in [0.29, 0.717) is 35.2 Å².